The summed E-state index contributed by atoms with van der Waals surface area (Å²) in [5, 5.41) is 3.02. The predicted octanol–water partition coefficient (Wildman–Crippen LogP) is 4.12. The third kappa shape index (κ3) is 8.35. The molecular weight excluding hydrogens is 388 g/mol. The molecule has 1 N–H and O–H groups in total. The standard InChI is InChI=1S/C26H36N2O3/c1-21-9-11-22(12-10-21)5-4-8-26(29)27-20-23-6-3-7-25(19-23)31-18-15-28(2)24-13-16-30-17-14-24/h3,6-7,9-12,19,24H,4-5,8,13-18,20H2,1-2H3,(H,27,29). The van der Waals surface area contributed by atoms with Crippen molar-refractivity contribution in [3.8, 4) is 5.75 Å². The van der Waals surface area contributed by atoms with Crippen LogP contribution in [0.4, 0.5) is 0 Å². The van der Waals surface area contributed by atoms with E-state index in [0.29, 0.717) is 25.6 Å². The minimum absolute atomic E-state index is 0.0940. The Morgan fingerprint density at radius 1 is 1.13 bits per heavy atom. The number of amides is 1. The lowest BCUT2D eigenvalue weighted by atomic mass is 10.1. The molecule has 1 saturated heterocycles. The van der Waals surface area contributed by atoms with Gasteiger partial charge in [-0.1, -0.05) is 42.0 Å². The number of ether oxygens (including phenoxy) is 2. The van der Waals surface area contributed by atoms with Crippen molar-refractivity contribution < 1.29 is 14.3 Å². The van der Waals surface area contributed by atoms with Gasteiger partial charge in [-0.25, -0.2) is 0 Å². The first kappa shape index (κ1) is 23.3. The Morgan fingerprint density at radius 2 is 1.90 bits per heavy atom. The van der Waals surface area contributed by atoms with Crippen LogP contribution in [0.2, 0.25) is 0 Å². The summed E-state index contributed by atoms with van der Waals surface area (Å²) in [6.45, 7) is 5.88. The van der Waals surface area contributed by atoms with Crippen LogP contribution < -0.4 is 10.1 Å². The molecule has 5 heteroatoms. The fraction of sp³-hybridized carbons (Fsp3) is 0.500. The van der Waals surface area contributed by atoms with Crippen LogP contribution in [0.5, 0.6) is 5.75 Å². The van der Waals surface area contributed by atoms with Crippen molar-refractivity contribution in [2.45, 2.75) is 51.6 Å². The Hall–Kier alpha value is -2.37. The van der Waals surface area contributed by atoms with Crippen LogP contribution in [0, 0.1) is 6.92 Å². The Kier molecular flexibility index (Phi) is 9.38. The van der Waals surface area contributed by atoms with E-state index in [9.17, 15) is 4.79 Å². The van der Waals surface area contributed by atoms with E-state index in [1.165, 1.54) is 11.1 Å². The number of rotatable bonds is 11. The highest BCUT2D eigenvalue weighted by molar-refractivity contribution is 5.75. The summed E-state index contributed by atoms with van der Waals surface area (Å²) in [5.74, 6) is 0.947. The normalized spacial score (nSPS) is 14.5. The largest absolute Gasteiger partial charge is 0.492 e. The maximum atomic E-state index is 12.2. The lowest BCUT2D eigenvalue weighted by molar-refractivity contribution is -0.121. The predicted molar refractivity (Wildman–Crippen MR) is 124 cm³/mol. The molecule has 0 atom stereocenters. The molecule has 1 aliphatic heterocycles. The number of benzene rings is 2. The summed E-state index contributed by atoms with van der Waals surface area (Å²) >= 11 is 0. The van der Waals surface area contributed by atoms with Gasteiger partial charge in [0.05, 0.1) is 0 Å². The minimum atomic E-state index is 0.0940. The Balaban J connectivity index is 1.33. The molecule has 1 amide bonds. The van der Waals surface area contributed by atoms with Crippen molar-refractivity contribution in [2.24, 2.45) is 0 Å². The van der Waals surface area contributed by atoms with E-state index >= 15 is 0 Å². The zero-order valence-electron chi connectivity index (χ0n) is 18.9. The second-order valence-electron chi connectivity index (χ2n) is 8.44. The van der Waals surface area contributed by atoms with E-state index in [4.69, 9.17) is 9.47 Å². The van der Waals surface area contributed by atoms with Gasteiger partial charge in [-0.15, -0.1) is 0 Å². The zero-order valence-corrected chi connectivity index (χ0v) is 18.9. The number of nitrogens with zero attached hydrogens (tertiary/aromatic N) is 1. The molecule has 2 aromatic rings. The molecular formula is C26H36N2O3. The Morgan fingerprint density at radius 3 is 2.68 bits per heavy atom. The van der Waals surface area contributed by atoms with Gasteiger partial charge < -0.3 is 14.8 Å². The average molecular weight is 425 g/mol. The summed E-state index contributed by atoms with van der Waals surface area (Å²) in [6, 6.07) is 17.1. The van der Waals surface area contributed by atoms with Crippen LogP contribution in [0.15, 0.2) is 48.5 Å². The summed E-state index contributed by atoms with van der Waals surface area (Å²) in [5.41, 5.74) is 3.60. The second kappa shape index (κ2) is 12.5. The van der Waals surface area contributed by atoms with Gasteiger partial charge in [0.1, 0.15) is 12.4 Å². The van der Waals surface area contributed by atoms with E-state index in [-0.39, 0.29) is 5.91 Å². The van der Waals surface area contributed by atoms with Crippen LogP contribution in [-0.4, -0.2) is 50.3 Å². The molecule has 1 fully saturated rings. The molecule has 1 aliphatic rings. The van der Waals surface area contributed by atoms with Crippen molar-refractivity contribution in [3.63, 3.8) is 0 Å². The SMILES string of the molecule is Cc1ccc(CCCC(=O)NCc2cccc(OCCN(C)C3CCOCC3)c2)cc1. The quantitative estimate of drug-likeness (QED) is 0.589. The van der Waals surface area contributed by atoms with Crippen molar-refractivity contribution >= 4 is 5.91 Å². The molecule has 0 radical (unpaired) electrons. The molecule has 0 spiro atoms. The number of carbonyl (C=O) groups excluding carboxylic acids is 1. The highest BCUT2D eigenvalue weighted by Crippen LogP contribution is 2.15. The lowest BCUT2D eigenvalue weighted by Gasteiger charge is -2.31. The van der Waals surface area contributed by atoms with Gasteiger partial charge in [-0.2, -0.15) is 0 Å². The molecule has 2 aromatic carbocycles. The first-order chi connectivity index (χ1) is 15.1. The van der Waals surface area contributed by atoms with Gasteiger partial charge >= 0.3 is 0 Å². The van der Waals surface area contributed by atoms with Crippen LogP contribution in [0.25, 0.3) is 0 Å². The van der Waals surface area contributed by atoms with Gasteiger partial charge in [0.25, 0.3) is 0 Å². The highest BCUT2D eigenvalue weighted by Gasteiger charge is 2.17. The summed E-state index contributed by atoms with van der Waals surface area (Å²) in [6.07, 6.45) is 4.52. The highest BCUT2D eigenvalue weighted by atomic mass is 16.5. The molecule has 168 valence electrons. The molecule has 5 nitrogen and oxygen atoms in total. The number of nitrogens with one attached hydrogen (secondary N) is 1. The Labute approximate surface area is 186 Å². The van der Waals surface area contributed by atoms with Gasteiger partial charge in [0.15, 0.2) is 0 Å². The molecule has 0 aliphatic carbocycles. The summed E-state index contributed by atoms with van der Waals surface area (Å²) in [4.78, 5) is 14.6. The van der Waals surface area contributed by atoms with Crippen molar-refractivity contribution in [1.29, 1.82) is 0 Å². The summed E-state index contributed by atoms with van der Waals surface area (Å²) in [7, 11) is 2.16. The number of hydrogen-bond donors (Lipinski definition) is 1. The third-order valence-corrected chi connectivity index (χ3v) is 5.90. The van der Waals surface area contributed by atoms with Gasteiger partial charge in [0, 0.05) is 38.8 Å². The van der Waals surface area contributed by atoms with Crippen LogP contribution >= 0.6 is 0 Å². The molecule has 3 rings (SSSR count). The number of carbonyl (C=O) groups is 1. The number of aryl methyl sites for hydroxylation is 2. The fourth-order valence-corrected chi connectivity index (χ4v) is 3.86. The molecule has 0 bridgehead atoms. The fourth-order valence-electron chi connectivity index (χ4n) is 3.86. The van der Waals surface area contributed by atoms with Crippen LogP contribution in [0.1, 0.15) is 42.4 Å². The van der Waals surface area contributed by atoms with Gasteiger partial charge in [0.2, 0.25) is 5.91 Å². The third-order valence-electron chi connectivity index (χ3n) is 5.90. The molecule has 0 aromatic heterocycles. The van der Waals surface area contributed by atoms with E-state index in [1.807, 2.05) is 24.3 Å². The molecule has 0 saturated carbocycles. The second-order valence-corrected chi connectivity index (χ2v) is 8.44. The van der Waals surface area contributed by atoms with Crippen LogP contribution in [-0.2, 0) is 22.5 Å². The zero-order chi connectivity index (χ0) is 21.9. The Bertz CT molecular complexity index is 801. The van der Waals surface area contributed by atoms with Gasteiger partial charge in [-0.05, 0) is 62.9 Å². The smallest absolute Gasteiger partial charge is 0.220 e. The topological polar surface area (TPSA) is 50.8 Å². The average Bonchev–Trinajstić information content (AvgIpc) is 2.80. The number of likely N-dealkylation sites (N-methyl/N-ethyl adjacent to an activating group) is 1. The summed E-state index contributed by atoms with van der Waals surface area (Å²) < 4.78 is 11.4. The maximum Gasteiger partial charge on any atom is 0.220 e. The number of hydrogen-bond acceptors (Lipinski definition) is 4. The lowest BCUT2D eigenvalue weighted by Crippen LogP contribution is -2.38. The van der Waals surface area contributed by atoms with Crippen molar-refractivity contribution in [2.75, 3.05) is 33.4 Å². The molecule has 0 unspecified atom stereocenters. The van der Waals surface area contributed by atoms with Gasteiger partial charge in [-0.3, -0.25) is 9.69 Å². The van der Waals surface area contributed by atoms with Crippen LogP contribution in [0.3, 0.4) is 0 Å². The first-order valence-electron chi connectivity index (χ1n) is 11.4. The molecule has 1 heterocycles. The van der Waals surface area contributed by atoms with Crippen molar-refractivity contribution in [1.82, 2.24) is 10.2 Å². The molecule has 31 heavy (non-hydrogen) atoms. The van der Waals surface area contributed by atoms with E-state index in [1.54, 1.807) is 0 Å². The van der Waals surface area contributed by atoms with E-state index < -0.39 is 0 Å². The maximum absolute atomic E-state index is 12.2. The van der Waals surface area contributed by atoms with Crippen molar-refractivity contribution in [3.05, 3.63) is 65.2 Å². The minimum Gasteiger partial charge on any atom is -0.492 e. The monoisotopic (exact) mass is 424 g/mol. The van der Waals surface area contributed by atoms with E-state index in [2.05, 4.69) is 48.5 Å². The first-order valence-corrected chi connectivity index (χ1v) is 11.4. The van der Waals surface area contributed by atoms with E-state index in [0.717, 1.165) is 56.8 Å².